The second kappa shape index (κ2) is 12.1. The molecular weight excluding hydrogens is 480 g/mol. The number of rotatable bonds is 8. The standard InChI is InChI=1S/C30H34N4O4/c1-37-27-9-5-8-24(18-27)20-34-26(12-10-23-6-3-2-4-7-23)21-33(22-29(34)35)30(36)25-11-13-28(31-19-25)32-14-16-38-17-15-32/h2-9,11,13,18-19,26H,10,12,14-17,20-22H2,1H3/t26-/m0/s1. The van der Waals surface area contributed by atoms with Gasteiger partial charge in [0.05, 0.1) is 31.9 Å². The smallest absolute Gasteiger partial charge is 0.255 e. The Morgan fingerprint density at radius 1 is 1.03 bits per heavy atom. The highest BCUT2D eigenvalue weighted by molar-refractivity contribution is 5.97. The SMILES string of the molecule is COc1cccc(CN2C(=O)CN(C(=O)c3ccc(N4CCOCC4)nc3)C[C@@H]2CCc2ccccc2)c1. The number of methoxy groups -OCH3 is 1. The van der Waals surface area contributed by atoms with Gasteiger partial charge in [-0.2, -0.15) is 0 Å². The third kappa shape index (κ3) is 6.14. The maximum Gasteiger partial charge on any atom is 0.255 e. The van der Waals surface area contributed by atoms with Crippen molar-refractivity contribution in [3.63, 3.8) is 0 Å². The molecule has 8 nitrogen and oxygen atoms in total. The number of pyridine rings is 1. The van der Waals surface area contributed by atoms with E-state index in [9.17, 15) is 9.59 Å². The number of hydrogen-bond acceptors (Lipinski definition) is 6. The lowest BCUT2D eigenvalue weighted by Gasteiger charge is -2.41. The van der Waals surface area contributed by atoms with Gasteiger partial charge in [-0.3, -0.25) is 9.59 Å². The average molecular weight is 515 g/mol. The maximum atomic E-state index is 13.5. The van der Waals surface area contributed by atoms with E-state index in [1.165, 1.54) is 5.56 Å². The normalized spacial score (nSPS) is 18.0. The number of carbonyl (C=O) groups excluding carboxylic acids is 2. The summed E-state index contributed by atoms with van der Waals surface area (Å²) in [4.78, 5) is 37.2. The lowest BCUT2D eigenvalue weighted by Crippen LogP contribution is -2.57. The van der Waals surface area contributed by atoms with Crippen molar-refractivity contribution in [1.82, 2.24) is 14.8 Å². The molecule has 5 rings (SSSR count). The molecule has 0 spiro atoms. The molecule has 2 aliphatic rings. The van der Waals surface area contributed by atoms with Gasteiger partial charge < -0.3 is 24.2 Å². The molecule has 198 valence electrons. The Morgan fingerprint density at radius 2 is 1.82 bits per heavy atom. The summed E-state index contributed by atoms with van der Waals surface area (Å²) in [5.74, 6) is 1.39. The van der Waals surface area contributed by atoms with Crippen LogP contribution >= 0.6 is 0 Å². The fraction of sp³-hybridized carbons (Fsp3) is 0.367. The zero-order chi connectivity index (χ0) is 26.3. The molecule has 3 aromatic rings. The van der Waals surface area contributed by atoms with Crippen LogP contribution in [0.15, 0.2) is 72.9 Å². The van der Waals surface area contributed by atoms with Crippen LogP contribution < -0.4 is 9.64 Å². The number of ether oxygens (including phenoxy) is 2. The van der Waals surface area contributed by atoms with Gasteiger partial charge in [0.1, 0.15) is 18.1 Å². The third-order valence-corrected chi connectivity index (χ3v) is 7.23. The molecule has 0 N–H and O–H groups in total. The Hall–Kier alpha value is -3.91. The molecule has 0 saturated carbocycles. The van der Waals surface area contributed by atoms with Crippen molar-refractivity contribution in [3.8, 4) is 5.75 Å². The third-order valence-electron chi connectivity index (χ3n) is 7.23. The van der Waals surface area contributed by atoms with E-state index >= 15 is 0 Å². The zero-order valence-corrected chi connectivity index (χ0v) is 21.8. The maximum absolute atomic E-state index is 13.5. The minimum atomic E-state index is -0.162. The first-order chi connectivity index (χ1) is 18.6. The highest BCUT2D eigenvalue weighted by Gasteiger charge is 2.35. The molecule has 2 aromatic carbocycles. The second-order valence-corrected chi connectivity index (χ2v) is 9.74. The summed E-state index contributed by atoms with van der Waals surface area (Å²) in [6.45, 7) is 3.93. The van der Waals surface area contributed by atoms with Crippen molar-refractivity contribution >= 4 is 17.6 Å². The molecule has 2 aliphatic heterocycles. The number of anilines is 1. The molecule has 0 aliphatic carbocycles. The van der Waals surface area contributed by atoms with E-state index in [4.69, 9.17) is 9.47 Å². The van der Waals surface area contributed by atoms with Crippen LogP contribution in [0.2, 0.25) is 0 Å². The van der Waals surface area contributed by atoms with Crippen LogP contribution in [0.4, 0.5) is 5.82 Å². The lowest BCUT2D eigenvalue weighted by molar-refractivity contribution is -0.139. The van der Waals surface area contributed by atoms with E-state index < -0.39 is 0 Å². The number of carbonyl (C=O) groups is 2. The van der Waals surface area contributed by atoms with Gasteiger partial charge in [-0.05, 0) is 48.2 Å². The molecular formula is C30H34N4O4. The predicted molar refractivity (Wildman–Crippen MR) is 145 cm³/mol. The van der Waals surface area contributed by atoms with Crippen molar-refractivity contribution in [2.45, 2.75) is 25.4 Å². The lowest BCUT2D eigenvalue weighted by atomic mass is 10.00. The quantitative estimate of drug-likeness (QED) is 0.459. The number of aryl methyl sites for hydroxylation is 1. The summed E-state index contributed by atoms with van der Waals surface area (Å²) in [7, 11) is 1.64. The van der Waals surface area contributed by atoms with Gasteiger partial charge >= 0.3 is 0 Å². The Labute approximate surface area is 223 Å². The van der Waals surface area contributed by atoms with E-state index in [2.05, 4.69) is 22.0 Å². The van der Waals surface area contributed by atoms with E-state index in [-0.39, 0.29) is 24.4 Å². The first kappa shape index (κ1) is 25.7. The van der Waals surface area contributed by atoms with Gasteiger partial charge in [0.2, 0.25) is 5.91 Å². The summed E-state index contributed by atoms with van der Waals surface area (Å²) >= 11 is 0. The number of benzene rings is 2. The Kier molecular flexibility index (Phi) is 8.19. The Bertz CT molecular complexity index is 1230. The van der Waals surface area contributed by atoms with Crippen molar-refractivity contribution < 1.29 is 19.1 Å². The second-order valence-electron chi connectivity index (χ2n) is 9.74. The summed E-state index contributed by atoms with van der Waals surface area (Å²) in [5.41, 5.74) is 2.72. The molecule has 3 heterocycles. The number of hydrogen-bond donors (Lipinski definition) is 0. The Morgan fingerprint density at radius 3 is 2.55 bits per heavy atom. The number of nitrogens with zero attached hydrogens (tertiary/aromatic N) is 4. The zero-order valence-electron chi connectivity index (χ0n) is 21.8. The van der Waals surface area contributed by atoms with Gasteiger partial charge in [-0.25, -0.2) is 4.98 Å². The van der Waals surface area contributed by atoms with Crippen LogP contribution in [0, 0.1) is 0 Å². The van der Waals surface area contributed by atoms with Crippen molar-refractivity contribution in [1.29, 1.82) is 0 Å². The largest absolute Gasteiger partial charge is 0.497 e. The molecule has 38 heavy (non-hydrogen) atoms. The highest BCUT2D eigenvalue weighted by Crippen LogP contribution is 2.23. The van der Waals surface area contributed by atoms with Gasteiger partial charge in [-0.15, -0.1) is 0 Å². The molecule has 0 radical (unpaired) electrons. The number of piperazine rings is 1. The molecule has 2 amide bonds. The fourth-order valence-electron chi connectivity index (χ4n) is 5.11. The van der Waals surface area contributed by atoms with Gasteiger partial charge in [0.25, 0.3) is 5.91 Å². The van der Waals surface area contributed by atoms with Crippen molar-refractivity contribution in [2.75, 3.05) is 51.4 Å². The van der Waals surface area contributed by atoms with E-state index in [1.807, 2.05) is 59.5 Å². The molecule has 1 aromatic heterocycles. The van der Waals surface area contributed by atoms with Crippen LogP contribution in [0.5, 0.6) is 5.75 Å². The highest BCUT2D eigenvalue weighted by atomic mass is 16.5. The summed E-state index contributed by atoms with van der Waals surface area (Å²) in [6, 6.07) is 21.6. The molecule has 2 fully saturated rings. The number of aromatic nitrogens is 1. The molecule has 1 atom stereocenters. The number of amides is 2. The fourth-order valence-corrected chi connectivity index (χ4v) is 5.11. The van der Waals surface area contributed by atoms with Gasteiger partial charge in [0, 0.05) is 32.4 Å². The van der Waals surface area contributed by atoms with Crippen LogP contribution in [0.3, 0.4) is 0 Å². The first-order valence-electron chi connectivity index (χ1n) is 13.1. The molecule has 2 saturated heterocycles. The number of morpholine rings is 1. The van der Waals surface area contributed by atoms with Crippen LogP contribution in [0.1, 0.15) is 27.9 Å². The van der Waals surface area contributed by atoms with Gasteiger partial charge in [0.15, 0.2) is 0 Å². The monoisotopic (exact) mass is 514 g/mol. The van der Waals surface area contributed by atoms with Crippen molar-refractivity contribution in [3.05, 3.63) is 89.6 Å². The topological polar surface area (TPSA) is 75.2 Å². The van der Waals surface area contributed by atoms with Crippen LogP contribution in [-0.2, 0) is 22.5 Å². The molecule has 0 bridgehead atoms. The summed E-state index contributed by atoms with van der Waals surface area (Å²) in [5, 5.41) is 0. The van der Waals surface area contributed by atoms with E-state index in [1.54, 1.807) is 18.2 Å². The average Bonchev–Trinajstić information content (AvgIpc) is 2.98. The molecule has 8 heteroatoms. The summed E-state index contributed by atoms with van der Waals surface area (Å²) in [6.07, 6.45) is 3.21. The van der Waals surface area contributed by atoms with Crippen molar-refractivity contribution in [2.24, 2.45) is 0 Å². The Balaban J connectivity index is 1.32. The van der Waals surface area contributed by atoms with Crippen LogP contribution in [0.25, 0.3) is 0 Å². The van der Waals surface area contributed by atoms with E-state index in [0.29, 0.717) is 31.9 Å². The predicted octanol–water partition coefficient (Wildman–Crippen LogP) is 3.41. The first-order valence-corrected chi connectivity index (χ1v) is 13.1. The molecule has 0 unspecified atom stereocenters. The minimum absolute atomic E-state index is 0.0514. The summed E-state index contributed by atoms with van der Waals surface area (Å²) < 4.78 is 10.8. The van der Waals surface area contributed by atoms with E-state index in [0.717, 1.165) is 43.1 Å². The van der Waals surface area contributed by atoms with Crippen LogP contribution in [-0.4, -0.2) is 79.1 Å². The minimum Gasteiger partial charge on any atom is -0.497 e. The van der Waals surface area contributed by atoms with Gasteiger partial charge in [-0.1, -0.05) is 42.5 Å².